The van der Waals surface area contributed by atoms with Crippen LogP contribution in [0.4, 0.5) is 4.39 Å². The van der Waals surface area contributed by atoms with Crippen LogP contribution in [0.5, 0.6) is 5.75 Å². The Bertz CT molecular complexity index is 893. The second kappa shape index (κ2) is 7.89. The van der Waals surface area contributed by atoms with Gasteiger partial charge in [-0.15, -0.1) is 0 Å². The van der Waals surface area contributed by atoms with Gasteiger partial charge in [-0.25, -0.2) is 9.07 Å². The minimum atomic E-state index is -0.330. The fourth-order valence-electron chi connectivity index (χ4n) is 2.87. The van der Waals surface area contributed by atoms with Gasteiger partial charge in [0.15, 0.2) is 0 Å². The molecule has 0 aliphatic heterocycles. The average Bonchev–Trinajstić information content (AvgIpc) is 3.02. The Morgan fingerprint density at radius 3 is 2.62 bits per heavy atom. The molecule has 136 valence electrons. The molecule has 0 amide bonds. The van der Waals surface area contributed by atoms with Crippen molar-refractivity contribution in [3.8, 4) is 11.4 Å². The van der Waals surface area contributed by atoms with Crippen molar-refractivity contribution in [2.75, 3.05) is 7.11 Å². The third-order valence-corrected chi connectivity index (χ3v) is 4.80. The van der Waals surface area contributed by atoms with Crippen molar-refractivity contribution in [2.45, 2.75) is 26.4 Å². The molecular formula is C20H21ClFN3O. The van der Waals surface area contributed by atoms with Gasteiger partial charge in [-0.05, 0) is 55.8 Å². The molecule has 1 aromatic heterocycles. The van der Waals surface area contributed by atoms with E-state index in [2.05, 4.69) is 17.3 Å². The number of nitrogens with one attached hydrogen (secondary N) is 1. The number of aromatic nitrogens is 2. The van der Waals surface area contributed by atoms with Gasteiger partial charge in [0.25, 0.3) is 0 Å². The van der Waals surface area contributed by atoms with Crippen molar-refractivity contribution in [3.05, 3.63) is 76.3 Å². The first-order chi connectivity index (χ1) is 12.5. The van der Waals surface area contributed by atoms with Crippen molar-refractivity contribution in [2.24, 2.45) is 0 Å². The summed E-state index contributed by atoms with van der Waals surface area (Å²) in [5, 5.41) is 8.35. The molecule has 3 rings (SSSR count). The molecule has 0 aliphatic rings. The lowest BCUT2D eigenvalue weighted by atomic mass is 10.1. The predicted molar refractivity (Wildman–Crippen MR) is 102 cm³/mol. The first kappa shape index (κ1) is 18.4. The molecule has 1 atom stereocenters. The lowest BCUT2D eigenvalue weighted by Gasteiger charge is -2.15. The van der Waals surface area contributed by atoms with Crippen LogP contribution in [0.25, 0.3) is 5.69 Å². The van der Waals surface area contributed by atoms with Crippen molar-refractivity contribution >= 4 is 11.6 Å². The quantitative estimate of drug-likeness (QED) is 0.672. The van der Waals surface area contributed by atoms with E-state index in [9.17, 15) is 4.39 Å². The highest BCUT2D eigenvalue weighted by atomic mass is 35.5. The number of benzene rings is 2. The molecule has 6 heteroatoms. The number of nitrogens with zero attached hydrogens (tertiary/aromatic N) is 2. The fraction of sp³-hybridized carbons (Fsp3) is 0.250. The number of hydrogen-bond acceptors (Lipinski definition) is 3. The molecule has 0 radical (unpaired) electrons. The number of rotatable bonds is 6. The summed E-state index contributed by atoms with van der Waals surface area (Å²) in [5.74, 6) is 0.480. The Hall–Kier alpha value is -2.37. The molecule has 3 aromatic rings. The molecule has 0 saturated carbocycles. The molecule has 0 bridgehead atoms. The Morgan fingerprint density at radius 2 is 1.96 bits per heavy atom. The van der Waals surface area contributed by atoms with E-state index in [1.807, 2.05) is 42.1 Å². The van der Waals surface area contributed by atoms with Crippen molar-refractivity contribution in [3.63, 3.8) is 0 Å². The minimum Gasteiger partial charge on any atom is -0.497 e. The number of ether oxygens (including phenoxy) is 1. The largest absolute Gasteiger partial charge is 0.497 e. The number of hydrogen-bond donors (Lipinski definition) is 1. The molecule has 2 aromatic carbocycles. The molecule has 1 unspecified atom stereocenters. The van der Waals surface area contributed by atoms with Gasteiger partial charge in [-0.1, -0.05) is 17.7 Å². The van der Waals surface area contributed by atoms with Gasteiger partial charge >= 0.3 is 0 Å². The molecule has 4 nitrogen and oxygen atoms in total. The van der Waals surface area contributed by atoms with Crippen LogP contribution in [-0.2, 0) is 6.54 Å². The van der Waals surface area contributed by atoms with E-state index in [0.29, 0.717) is 11.6 Å². The van der Waals surface area contributed by atoms with Crippen LogP contribution in [-0.4, -0.2) is 16.9 Å². The SMILES string of the molecule is COc1ccc(-n2ncc(C(C)NCc3ccc(F)cc3Cl)c2C)cc1. The molecular weight excluding hydrogens is 353 g/mol. The standard InChI is InChI=1S/C20H21ClFN3O/c1-13(23-11-15-4-5-16(22)10-20(15)21)19-12-24-25(14(19)2)17-6-8-18(26-3)9-7-17/h4-10,12-13,23H,11H2,1-3H3. The normalized spacial score (nSPS) is 12.2. The molecule has 0 spiro atoms. The van der Waals surface area contributed by atoms with E-state index < -0.39 is 0 Å². The van der Waals surface area contributed by atoms with Crippen molar-refractivity contribution in [1.29, 1.82) is 0 Å². The zero-order valence-corrected chi connectivity index (χ0v) is 15.7. The molecule has 0 saturated heterocycles. The van der Waals surface area contributed by atoms with Gasteiger partial charge in [0.1, 0.15) is 11.6 Å². The van der Waals surface area contributed by atoms with Gasteiger partial charge in [0, 0.05) is 28.9 Å². The fourth-order valence-corrected chi connectivity index (χ4v) is 3.10. The molecule has 1 heterocycles. The van der Waals surface area contributed by atoms with Crippen molar-refractivity contribution in [1.82, 2.24) is 15.1 Å². The van der Waals surface area contributed by atoms with Gasteiger partial charge in [0.2, 0.25) is 0 Å². The zero-order chi connectivity index (χ0) is 18.7. The first-order valence-corrected chi connectivity index (χ1v) is 8.73. The van der Waals surface area contributed by atoms with E-state index in [1.54, 1.807) is 13.2 Å². The molecule has 1 N–H and O–H groups in total. The van der Waals surface area contributed by atoms with Crippen LogP contribution in [0.3, 0.4) is 0 Å². The van der Waals surface area contributed by atoms with Gasteiger partial charge < -0.3 is 10.1 Å². The Balaban J connectivity index is 1.73. The van der Waals surface area contributed by atoms with E-state index >= 15 is 0 Å². The third kappa shape index (κ3) is 3.89. The molecule has 0 aliphatic carbocycles. The third-order valence-electron chi connectivity index (χ3n) is 4.45. The van der Waals surface area contributed by atoms with Crippen molar-refractivity contribution < 1.29 is 9.13 Å². The maximum atomic E-state index is 13.2. The maximum absolute atomic E-state index is 13.2. The Kier molecular flexibility index (Phi) is 5.59. The summed E-state index contributed by atoms with van der Waals surface area (Å²) in [6.45, 7) is 4.66. The summed E-state index contributed by atoms with van der Waals surface area (Å²) in [6.07, 6.45) is 1.86. The minimum absolute atomic E-state index is 0.0723. The van der Waals surface area contributed by atoms with Gasteiger partial charge in [-0.2, -0.15) is 5.10 Å². The number of halogens is 2. The van der Waals surface area contributed by atoms with Crippen LogP contribution < -0.4 is 10.1 Å². The average molecular weight is 374 g/mol. The Labute approximate surface area is 157 Å². The highest BCUT2D eigenvalue weighted by molar-refractivity contribution is 6.31. The molecule has 26 heavy (non-hydrogen) atoms. The highest BCUT2D eigenvalue weighted by Crippen LogP contribution is 2.23. The highest BCUT2D eigenvalue weighted by Gasteiger charge is 2.14. The van der Waals surface area contributed by atoms with Gasteiger partial charge in [-0.3, -0.25) is 0 Å². The van der Waals surface area contributed by atoms with Crippen LogP contribution in [0.2, 0.25) is 5.02 Å². The van der Waals surface area contributed by atoms with E-state index in [0.717, 1.165) is 28.3 Å². The number of methoxy groups -OCH3 is 1. The summed E-state index contributed by atoms with van der Waals surface area (Å²) in [5.41, 5.74) is 3.99. The summed E-state index contributed by atoms with van der Waals surface area (Å²) in [6, 6.07) is 12.3. The zero-order valence-electron chi connectivity index (χ0n) is 15.0. The summed E-state index contributed by atoms with van der Waals surface area (Å²) in [4.78, 5) is 0. The smallest absolute Gasteiger partial charge is 0.124 e. The lowest BCUT2D eigenvalue weighted by Crippen LogP contribution is -2.19. The summed E-state index contributed by atoms with van der Waals surface area (Å²) < 4.78 is 20.2. The Morgan fingerprint density at radius 1 is 1.23 bits per heavy atom. The monoisotopic (exact) mass is 373 g/mol. The van der Waals surface area contributed by atoms with E-state index in [1.165, 1.54) is 12.1 Å². The summed E-state index contributed by atoms with van der Waals surface area (Å²) >= 11 is 6.09. The maximum Gasteiger partial charge on any atom is 0.124 e. The lowest BCUT2D eigenvalue weighted by molar-refractivity contribution is 0.414. The topological polar surface area (TPSA) is 39.1 Å². The van der Waals surface area contributed by atoms with Crippen LogP contribution >= 0.6 is 11.6 Å². The summed E-state index contributed by atoms with van der Waals surface area (Å²) in [7, 11) is 1.65. The van der Waals surface area contributed by atoms with Crippen LogP contribution in [0.15, 0.2) is 48.7 Å². The van der Waals surface area contributed by atoms with E-state index in [4.69, 9.17) is 16.3 Å². The molecule has 0 fully saturated rings. The second-order valence-corrected chi connectivity index (χ2v) is 6.54. The van der Waals surface area contributed by atoms with Crippen LogP contribution in [0, 0.1) is 12.7 Å². The second-order valence-electron chi connectivity index (χ2n) is 6.13. The van der Waals surface area contributed by atoms with E-state index in [-0.39, 0.29) is 11.9 Å². The predicted octanol–water partition coefficient (Wildman–Crippen LogP) is 4.83. The van der Waals surface area contributed by atoms with Crippen LogP contribution in [0.1, 0.15) is 29.8 Å². The van der Waals surface area contributed by atoms with Gasteiger partial charge in [0.05, 0.1) is 19.0 Å². The first-order valence-electron chi connectivity index (χ1n) is 8.36.